The van der Waals surface area contributed by atoms with Gasteiger partial charge in [-0.3, -0.25) is 14.3 Å². The molecule has 0 spiro atoms. The molecule has 0 atom stereocenters. The molecule has 30 heavy (non-hydrogen) atoms. The highest BCUT2D eigenvalue weighted by Crippen LogP contribution is 2.28. The summed E-state index contributed by atoms with van der Waals surface area (Å²) >= 11 is 1.31. The number of benzene rings is 2. The molecule has 0 radical (unpaired) electrons. The lowest BCUT2D eigenvalue weighted by Gasteiger charge is -2.11. The van der Waals surface area contributed by atoms with Crippen molar-refractivity contribution in [3.8, 4) is 17.1 Å². The van der Waals surface area contributed by atoms with Crippen molar-refractivity contribution in [2.75, 3.05) is 5.75 Å². The highest BCUT2D eigenvalue weighted by Gasteiger charge is 2.18. The lowest BCUT2D eigenvalue weighted by molar-refractivity contribution is 0.102. The summed E-state index contributed by atoms with van der Waals surface area (Å²) in [6.07, 6.45) is 3.35. The number of thioether (sulfide) groups is 1. The Morgan fingerprint density at radius 1 is 1.00 bits per heavy atom. The van der Waals surface area contributed by atoms with E-state index < -0.39 is 0 Å². The van der Waals surface area contributed by atoms with Crippen LogP contribution < -0.4 is 0 Å². The van der Waals surface area contributed by atoms with Crippen molar-refractivity contribution >= 4 is 17.5 Å². The minimum atomic E-state index is -0.323. The summed E-state index contributed by atoms with van der Waals surface area (Å²) in [6, 6.07) is 15.6. The van der Waals surface area contributed by atoms with E-state index in [0.29, 0.717) is 16.5 Å². The number of Topliss-reactive ketones (excluding diaryl/α,β-unsaturated/α-hetero) is 1. The van der Waals surface area contributed by atoms with Crippen LogP contribution in [0.3, 0.4) is 0 Å². The number of nitrogens with zero attached hydrogens (tertiary/aromatic N) is 4. The van der Waals surface area contributed by atoms with Crippen molar-refractivity contribution < 1.29 is 9.18 Å². The van der Waals surface area contributed by atoms with Gasteiger partial charge >= 0.3 is 0 Å². The largest absolute Gasteiger partial charge is 0.293 e. The summed E-state index contributed by atoms with van der Waals surface area (Å²) < 4.78 is 15.3. The van der Waals surface area contributed by atoms with Crippen LogP contribution in [-0.2, 0) is 0 Å². The number of aryl methyl sites for hydroxylation is 2. The van der Waals surface area contributed by atoms with Gasteiger partial charge in [0.15, 0.2) is 16.8 Å². The highest BCUT2D eigenvalue weighted by atomic mass is 32.2. The van der Waals surface area contributed by atoms with Crippen molar-refractivity contribution in [2.45, 2.75) is 19.0 Å². The second-order valence-electron chi connectivity index (χ2n) is 6.88. The first-order valence-corrected chi connectivity index (χ1v) is 10.4. The number of aromatic nitrogens is 4. The molecule has 0 fully saturated rings. The molecule has 4 aromatic rings. The molecule has 0 amide bonds. The number of rotatable bonds is 6. The monoisotopic (exact) mass is 418 g/mol. The first-order valence-electron chi connectivity index (χ1n) is 9.38. The molecule has 0 N–H and O–H groups in total. The maximum atomic E-state index is 13.5. The van der Waals surface area contributed by atoms with E-state index in [1.165, 1.54) is 23.9 Å². The molecule has 0 aliphatic rings. The third-order valence-corrected chi connectivity index (χ3v) is 5.61. The molecule has 4 rings (SSSR count). The molecule has 0 saturated heterocycles. The molecule has 2 heterocycles. The van der Waals surface area contributed by atoms with Crippen LogP contribution in [0.2, 0.25) is 0 Å². The Labute approximate surface area is 178 Å². The average Bonchev–Trinajstić information content (AvgIpc) is 3.19. The van der Waals surface area contributed by atoms with Crippen molar-refractivity contribution in [3.05, 3.63) is 89.5 Å². The maximum absolute atomic E-state index is 13.5. The Kier molecular flexibility index (Phi) is 5.72. The van der Waals surface area contributed by atoms with Gasteiger partial charge in [0.1, 0.15) is 5.82 Å². The summed E-state index contributed by atoms with van der Waals surface area (Å²) in [5.74, 6) is 0.530. The lowest BCUT2D eigenvalue weighted by Crippen LogP contribution is -2.07. The predicted molar refractivity (Wildman–Crippen MR) is 116 cm³/mol. The summed E-state index contributed by atoms with van der Waals surface area (Å²) in [5, 5.41) is 9.20. The Bertz CT molecular complexity index is 1190. The van der Waals surface area contributed by atoms with Crippen LogP contribution in [0, 0.1) is 19.7 Å². The third kappa shape index (κ3) is 4.16. The Morgan fingerprint density at radius 2 is 1.73 bits per heavy atom. The Hall–Kier alpha value is -3.32. The second kappa shape index (κ2) is 8.59. The molecule has 0 saturated carbocycles. The van der Waals surface area contributed by atoms with Gasteiger partial charge in [-0.25, -0.2) is 4.39 Å². The third-order valence-electron chi connectivity index (χ3n) is 4.68. The number of halogens is 1. The molecular weight excluding hydrogens is 399 g/mol. The number of carbonyl (C=O) groups is 1. The van der Waals surface area contributed by atoms with Crippen LogP contribution in [-0.4, -0.2) is 31.3 Å². The number of hydrogen-bond acceptors (Lipinski definition) is 5. The molecule has 5 nitrogen and oxygen atoms in total. The van der Waals surface area contributed by atoms with Crippen LogP contribution in [0.1, 0.15) is 21.5 Å². The first-order chi connectivity index (χ1) is 14.5. The molecular formula is C23H19FN4OS. The Morgan fingerprint density at radius 3 is 2.47 bits per heavy atom. The van der Waals surface area contributed by atoms with Gasteiger partial charge in [-0.05, 0) is 61.9 Å². The van der Waals surface area contributed by atoms with E-state index in [9.17, 15) is 9.18 Å². The summed E-state index contributed by atoms with van der Waals surface area (Å²) in [7, 11) is 0. The van der Waals surface area contributed by atoms with Gasteiger partial charge < -0.3 is 0 Å². The summed E-state index contributed by atoms with van der Waals surface area (Å²) in [5.41, 5.74) is 4.25. The zero-order valence-electron chi connectivity index (χ0n) is 16.5. The van der Waals surface area contributed by atoms with E-state index in [1.807, 2.05) is 48.7 Å². The maximum Gasteiger partial charge on any atom is 0.196 e. The van der Waals surface area contributed by atoms with Crippen molar-refractivity contribution in [3.63, 3.8) is 0 Å². The van der Waals surface area contributed by atoms with E-state index in [-0.39, 0.29) is 17.4 Å². The number of ketones is 1. The predicted octanol–water partition coefficient (Wildman–Crippen LogP) is 5.06. The van der Waals surface area contributed by atoms with Crippen LogP contribution in [0.5, 0.6) is 0 Å². The van der Waals surface area contributed by atoms with Gasteiger partial charge in [-0.15, -0.1) is 10.2 Å². The topological polar surface area (TPSA) is 60.7 Å². The Balaban J connectivity index is 1.68. The van der Waals surface area contributed by atoms with E-state index in [1.54, 1.807) is 24.5 Å². The van der Waals surface area contributed by atoms with Gasteiger partial charge in [0.25, 0.3) is 0 Å². The van der Waals surface area contributed by atoms with Gasteiger partial charge in [-0.2, -0.15) is 0 Å². The highest BCUT2D eigenvalue weighted by molar-refractivity contribution is 7.99. The zero-order valence-corrected chi connectivity index (χ0v) is 17.4. The van der Waals surface area contributed by atoms with Crippen LogP contribution in [0.15, 0.2) is 72.1 Å². The molecule has 0 unspecified atom stereocenters. The molecule has 150 valence electrons. The zero-order chi connectivity index (χ0) is 21.1. The lowest BCUT2D eigenvalue weighted by atomic mass is 10.0. The normalized spacial score (nSPS) is 10.9. The molecule has 0 bridgehead atoms. The van der Waals surface area contributed by atoms with Crippen molar-refractivity contribution in [1.29, 1.82) is 0 Å². The standard InChI is InChI=1S/C23H19FN4OS/c1-15-3-4-16(2)20(13-15)21(29)14-30-23-27-26-22(17-9-11-25-12-10-17)28(23)19-7-5-18(24)6-8-19/h3-13H,14H2,1-2H3. The molecule has 7 heteroatoms. The van der Waals surface area contributed by atoms with Crippen LogP contribution in [0.25, 0.3) is 17.1 Å². The first kappa shape index (κ1) is 20.0. The fourth-order valence-electron chi connectivity index (χ4n) is 3.12. The fraction of sp³-hybridized carbons (Fsp3) is 0.130. The van der Waals surface area contributed by atoms with Crippen molar-refractivity contribution in [2.24, 2.45) is 0 Å². The van der Waals surface area contributed by atoms with E-state index in [0.717, 1.165) is 22.4 Å². The van der Waals surface area contributed by atoms with Crippen LogP contribution >= 0.6 is 11.8 Å². The van der Waals surface area contributed by atoms with Crippen LogP contribution in [0.4, 0.5) is 4.39 Å². The van der Waals surface area contributed by atoms with Gasteiger partial charge in [0, 0.05) is 29.2 Å². The SMILES string of the molecule is Cc1ccc(C)c(C(=O)CSc2nnc(-c3ccncc3)n2-c2ccc(F)cc2)c1. The smallest absolute Gasteiger partial charge is 0.196 e. The quantitative estimate of drug-likeness (QED) is 0.324. The summed E-state index contributed by atoms with van der Waals surface area (Å²) in [4.78, 5) is 16.9. The second-order valence-corrected chi connectivity index (χ2v) is 7.83. The molecule has 2 aromatic heterocycles. The van der Waals surface area contributed by atoms with Gasteiger partial charge in [0.2, 0.25) is 0 Å². The van der Waals surface area contributed by atoms with Gasteiger partial charge in [-0.1, -0.05) is 29.5 Å². The van der Waals surface area contributed by atoms with E-state index in [2.05, 4.69) is 15.2 Å². The number of pyridine rings is 1. The van der Waals surface area contributed by atoms with E-state index >= 15 is 0 Å². The molecule has 2 aromatic carbocycles. The van der Waals surface area contributed by atoms with Crippen molar-refractivity contribution in [1.82, 2.24) is 19.7 Å². The molecule has 0 aliphatic carbocycles. The minimum Gasteiger partial charge on any atom is -0.293 e. The summed E-state index contributed by atoms with van der Waals surface area (Å²) in [6.45, 7) is 3.90. The van der Waals surface area contributed by atoms with Gasteiger partial charge in [0.05, 0.1) is 5.75 Å². The molecule has 0 aliphatic heterocycles. The number of hydrogen-bond donors (Lipinski definition) is 0. The number of carbonyl (C=O) groups excluding carboxylic acids is 1. The van der Waals surface area contributed by atoms with E-state index in [4.69, 9.17) is 0 Å². The fourth-order valence-corrected chi connectivity index (χ4v) is 3.95. The average molecular weight is 418 g/mol. The minimum absolute atomic E-state index is 0.0281.